The van der Waals surface area contributed by atoms with Crippen LogP contribution in [0.5, 0.6) is 0 Å². The zero-order valence-electron chi connectivity index (χ0n) is 7.15. The summed E-state index contributed by atoms with van der Waals surface area (Å²) in [5.41, 5.74) is 0. The molecule has 78 valence electrons. The molecule has 0 unspecified atom stereocenters. The van der Waals surface area contributed by atoms with Crippen molar-refractivity contribution in [2.75, 3.05) is 13.2 Å². The minimum Gasteiger partial charge on any atom is -0.375 e. The van der Waals surface area contributed by atoms with Crippen LogP contribution in [-0.2, 0) is 11.2 Å². The molecule has 14 heavy (non-hydrogen) atoms. The monoisotopic (exact) mass is 206 g/mol. The molecule has 0 radical (unpaired) electrons. The Hall–Kier alpha value is -1.37. The molecule has 0 amide bonds. The van der Waals surface area contributed by atoms with Crippen molar-refractivity contribution in [3.63, 3.8) is 0 Å². The number of aldehydes is 1. The lowest BCUT2D eigenvalue weighted by molar-refractivity contribution is 0.0182. The molecule has 1 aromatic heterocycles. The fourth-order valence-electron chi connectivity index (χ4n) is 0.753. The summed E-state index contributed by atoms with van der Waals surface area (Å²) in [6.45, 7) is -0.541. The summed E-state index contributed by atoms with van der Waals surface area (Å²) in [5, 5.41) is 3.42. The zero-order valence-corrected chi connectivity index (χ0v) is 7.15. The number of aromatic nitrogens is 2. The summed E-state index contributed by atoms with van der Waals surface area (Å²) in [6.07, 6.45) is -1.83. The number of ether oxygens (including phenoxy) is 1. The molecule has 0 fully saturated rings. The molecule has 0 saturated carbocycles. The molecule has 0 spiro atoms. The molecular weight excluding hydrogens is 198 g/mol. The summed E-state index contributed by atoms with van der Waals surface area (Å²) in [7, 11) is 0. The lowest BCUT2D eigenvalue weighted by Gasteiger charge is -1.99. The molecule has 0 atom stereocenters. The highest BCUT2D eigenvalue weighted by Crippen LogP contribution is 1.97. The van der Waals surface area contributed by atoms with Gasteiger partial charge in [-0.05, 0) is 0 Å². The maximum atomic E-state index is 11.6. The Morgan fingerprint density at radius 2 is 2.36 bits per heavy atom. The van der Waals surface area contributed by atoms with Crippen LogP contribution < -0.4 is 0 Å². The van der Waals surface area contributed by atoms with Gasteiger partial charge in [-0.3, -0.25) is 4.79 Å². The van der Waals surface area contributed by atoms with E-state index >= 15 is 0 Å². The third-order valence-electron chi connectivity index (χ3n) is 1.30. The Morgan fingerprint density at radius 1 is 1.57 bits per heavy atom. The highest BCUT2D eigenvalue weighted by Gasteiger charge is 2.06. The van der Waals surface area contributed by atoms with Crippen LogP contribution in [0.4, 0.5) is 8.78 Å². The third kappa shape index (κ3) is 3.56. The normalized spacial score (nSPS) is 10.8. The van der Waals surface area contributed by atoms with E-state index in [-0.39, 0.29) is 24.7 Å². The van der Waals surface area contributed by atoms with Gasteiger partial charge >= 0.3 is 0 Å². The van der Waals surface area contributed by atoms with Crippen LogP contribution in [0.2, 0.25) is 0 Å². The van der Waals surface area contributed by atoms with Crippen molar-refractivity contribution in [3.8, 4) is 0 Å². The van der Waals surface area contributed by atoms with Crippen LogP contribution >= 0.6 is 0 Å². The van der Waals surface area contributed by atoms with E-state index in [0.717, 1.165) is 0 Å². The van der Waals surface area contributed by atoms with Crippen molar-refractivity contribution in [1.82, 2.24) is 10.1 Å². The number of hydrogen-bond acceptors (Lipinski definition) is 5. The first-order chi connectivity index (χ1) is 6.72. The fourth-order valence-corrected chi connectivity index (χ4v) is 0.753. The van der Waals surface area contributed by atoms with Crippen LogP contribution in [0, 0.1) is 0 Å². The second-order valence-corrected chi connectivity index (χ2v) is 2.38. The average Bonchev–Trinajstić information content (AvgIpc) is 2.60. The first-order valence-electron chi connectivity index (χ1n) is 3.86. The highest BCUT2D eigenvalue weighted by molar-refractivity contribution is 5.66. The molecule has 0 aromatic carbocycles. The van der Waals surface area contributed by atoms with Gasteiger partial charge in [-0.25, -0.2) is 8.78 Å². The Balaban J connectivity index is 2.21. The molecule has 0 aliphatic rings. The zero-order chi connectivity index (χ0) is 10.4. The van der Waals surface area contributed by atoms with Crippen molar-refractivity contribution in [1.29, 1.82) is 0 Å². The summed E-state index contributed by atoms with van der Waals surface area (Å²) >= 11 is 0. The number of hydrogen-bond donors (Lipinski definition) is 0. The van der Waals surface area contributed by atoms with Gasteiger partial charge in [0.25, 0.3) is 12.3 Å². The predicted octanol–water partition coefficient (Wildman–Crippen LogP) is 0.706. The Kier molecular flexibility index (Phi) is 4.11. The minimum atomic E-state index is -2.48. The molecule has 7 heteroatoms. The number of nitrogens with zero attached hydrogens (tertiary/aromatic N) is 2. The molecule has 0 saturated heterocycles. The second kappa shape index (κ2) is 5.38. The van der Waals surface area contributed by atoms with Crippen molar-refractivity contribution in [3.05, 3.63) is 11.7 Å². The fraction of sp³-hybridized carbons (Fsp3) is 0.571. The predicted molar refractivity (Wildman–Crippen MR) is 40.2 cm³/mol. The lowest BCUT2D eigenvalue weighted by atomic mass is 10.4. The van der Waals surface area contributed by atoms with E-state index in [4.69, 9.17) is 0 Å². The van der Waals surface area contributed by atoms with Gasteiger partial charge in [0.05, 0.1) is 6.61 Å². The van der Waals surface area contributed by atoms with Gasteiger partial charge < -0.3 is 9.26 Å². The van der Waals surface area contributed by atoms with Crippen molar-refractivity contribution < 1.29 is 22.8 Å². The first-order valence-corrected chi connectivity index (χ1v) is 3.86. The van der Waals surface area contributed by atoms with E-state index in [1.165, 1.54) is 0 Å². The van der Waals surface area contributed by atoms with Crippen LogP contribution in [0.25, 0.3) is 0 Å². The maximum Gasteiger partial charge on any atom is 0.290 e. The molecule has 0 aliphatic heterocycles. The molecule has 5 nitrogen and oxygen atoms in total. The van der Waals surface area contributed by atoms with Gasteiger partial charge in [-0.2, -0.15) is 4.98 Å². The van der Waals surface area contributed by atoms with E-state index in [2.05, 4.69) is 19.4 Å². The number of rotatable bonds is 6. The van der Waals surface area contributed by atoms with Crippen molar-refractivity contribution in [2.24, 2.45) is 0 Å². The van der Waals surface area contributed by atoms with Gasteiger partial charge in [0, 0.05) is 6.42 Å². The molecule has 0 N–H and O–H groups in total. The van der Waals surface area contributed by atoms with Gasteiger partial charge in [-0.15, -0.1) is 0 Å². The Morgan fingerprint density at radius 3 is 2.93 bits per heavy atom. The van der Waals surface area contributed by atoms with Gasteiger partial charge in [0.15, 0.2) is 5.82 Å². The molecule has 0 bridgehead atoms. The van der Waals surface area contributed by atoms with Gasteiger partial charge in [-0.1, -0.05) is 5.16 Å². The maximum absolute atomic E-state index is 11.6. The lowest BCUT2D eigenvalue weighted by Crippen LogP contribution is -2.07. The molecular formula is C7H8F2N2O3. The van der Waals surface area contributed by atoms with Crippen LogP contribution in [0.1, 0.15) is 16.5 Å². The quantitative estimate of drug-likeness (QED) is 0.506. The Labute approximate surface area is 78.0 Å². The number of halogens is 2. The molecule has 1 rings (SSSR count). The van der Waals surface area contributed by atoms with Crippen LogP contribution in [-0.4, -0.2) is 36.1 Å². The van der Waals surface area contributed by atoms with E-state index < -0.39 is 13.0 Å². The summed E-state index contributed by atoms with van der Waals surface area (Å²) in [6, 6.07) is 0. The third-order valence-corrected chi connectivity index (χ3v) is 1.30. The molecule has 1 heterocycles. The van der Waals surface area contributed by atoms with Crippen molar-refractivity contribution in [2.45, 2.75) is 12.8 Å². The number of carbonyl (C=O) groups excluding carboxylic acids is 1. The standard InChI is InChI=1S/C7H8F2N2O3/c8-5(9)4-13-2-1-6-10-7(3-12)14-11-6/h3,5H,1-2,4H2. The minimum absolute atomic E-state index is 0.0716. The van der Waals surface area contributed by atoms with Gasteiger partial charge in [0.1, 0.15) is 6.61 Å². The topological polar surface area (TPSA) is 65.2 Å². The van der Waals surface area contributed by atoms with Crippen LogP contribution in [0.15, 0.2) is 4.52 Å². The summed E-state index contributed by atoms with van der Waals surface area (Å²) in [5.74, 6) is 0.134. The largest absolute Gasteiger partial charge is 0.375 e. The van der Waals surface area contributed by atoms with E-state index in [1.807, 2.05) is 0 Å². The van der Waals surface area contributed by atoms with E-state index in [1.54, 1.807) is 0 Å². The number of carbonyl (C=O) groups is 1. The van der Waals surface area contributed by atoms with Gasteiger partial charge in [0.2, 0.25) is 6.29 Å². The first kappa shape index (κ1) is 10.7. The summed E-state index contributed by atoms with van der Waals surface area (Å²) < 4.78 is 32.2. The Bertz CT molecular complexity index is 290. The second-order valence-electron chi connectivity index (χ2n) is 2.38. The average molecular weight is 206 g/mol. The van der Waals surface area contributed by atoms with E-state index in [9.17, 15) is 13.6 Å². The highest BCUT2D eigenvalue weighted by atomic mass is 19.3. The molecule has 0 aliphatic carbocycles. The smallest absolute Gasteiger partial charge is 0.290 e. The SMILES string of the molecule is O=Cc1nc(CCOCC(F)F)no1. The summed E-state index contributed by atoms with van der Waals surface area (Å²) in [4.78, 5) is 13.7. The number of alkyl halides is 2. The van der Waals surface area contributed by atoms with Crippen molar-refractivity contribution >= 4 is 6.29 Å². The van der Waals surface area contributed by atoms with E-state index in [0.29, 0.717) is 6.29 Å². The van der Waals surface area contributed by atoms with Crippen LogP contribution in [0.3, 0.4) is 0 Å². The molecule has 1 aromatic rings.